The number of fused-ring (bicyclic) bond motifs is 1. The number of anilines is 1. The molecule has 0 radical (unpaired) electrons. The van der Waals surface area contributed by atoms with Gasteiger partial charge in [-0.2, -0.15) is 5.10 Å². The molecule has 0 saturated carbocycles. The smallest absolute Gasteiger partial charge is 0.266 e. The highest BCUT2D eigenvalue weighted by Gasteiger charge is 2.22. The van der Waals surface area contributed by atoms with Gasteiger partial charge in [0.1, 0.15) is 0 Å². The van der Waals surface area contributed by atoms with Crippen molar-refractivity contribution in [3.05, 3.63) is 32.6 Å². The summed E-state index contributed by atoms with van der Waals surface area (Å²) in [5, 5.41) is 9.94. The van der Waals surface area contributed by atoms with Gasteiger partial charge in [0.2, 0.25) is 0 Å². The molecule has 1 atom stereocenters. The van der Waals surface area contributed by atoms with Crippen LogP contribution in [0, 0.1) is 19.8 Å². The fourth-order valence-electron chi connectivity index (χ4n) is 2.84. The number of carbonyl (C=O) groups excluding carboxylic acids is 1. The van der Waals surface area contributed by atoms with E-state index in [-0.39, 0.29) is 5.91 Å². The van der Waals surface area contributed by atoms with Gasteiger partial charge >= 0.3 is 0 Å². The molecule has 0 bridgehead atoms. The zero-order valence-electron chi connectivity index (χ0n) is 12.7. The molecule has 1 aliphatic carbocycles. The van der Waals surface area contributed by atoms with E-state index in [9.17, 15) is 4.79 Å². The number of nitrogens with zero attached hydrogens (tertiary/aromatic N) is 1. The minimum absolute atomic E-state index is 0.0444. The Morgan fingerprint density at radius 1 is 1.52 bits per heavy atom. The maximum atomic E-state index is 12.4. The standard InChI is InChI=1S/C16H21N3OS/c1-4-11-5-6-13-12(7-11)8-14(21-13)16(20)17-15-9(2)10(3)18-19-15/h8,11H,4-7H2,1-3H3,(H2,17,18,19,20). The number of aromatic amines is 1. The topological polar surface area (TPSA) is 57.8 Å². The zero-order chi connectivity index (χ0) is 15.0. The van der Waals surface area contributed by atoms with Crippen LogP contribution in [-0.2, 0) is 12.8 Å². The first-order valence-corrected chi connectivity index (χ1v) is 8.34. The lowest BCUT2D eigenvalue weighted by Crippen LogP contribution is -2.11. The van der Waals surface area contributed by atoms with Crippen molar-refractivity contribution in [2.45, 2.75) is 46.5 Å². The van der Waals surface area contributed by atoms with E-state index in [1.807, 2.05) is 13.8 Å². The van der Waals surface area contributed by atoms with Gasteiger partial charge in [0, 0.05) is 16.1 Å². The number of aryl methyl sites for hydroxylation is 2. The third-order valence-electron chi connectivity index (χ3n) is 4.47. The van der Waals surface area contributed by atoms with E-state index in [0.29, 0.717) is 5.82 Å². The molecule has 0 aromatic carbocycles. The Bertz CT molecular complexity index is 671. The molecule has 0 spiro atoms. The molecular weight excluding hydrogens is 282 g/mol. The van der Waals surface area contributed by atoms with Crippen molar-refractivity contribution < 1.29 is 4.79 Å². The first kappa shape index (κ1) is 14.3. The van der Waals surface area contributed by atoms with Crippen LogP contribution in [0.3, 0.4) is 0 Å². The van der Waals surface area contributed by atoms with Crippen LogP contribution in [0.15, 0.2) is 6.07 Å². The molecule has 2 heterocycles. The summed E-state index contributed by atoms with van der Waals surface area (Å²) in [6.07, 6.45) is 4.72. The second-order valence-electron chi connectivity index (χ2n) is 5.85. The number of aromatic nitrogens is 2. The van der Waals surface area contributed by atoms with Gasteiger partial charge in [-0.3, -0.25) is 9.89 Å². The van der Waals surface area contributed by atoms with E-state index in [0.717, 1.165) is 34.9 Å². The maximum absolute atomic E-state index is 12.4. The van der Waals surface area contributed by atoms with Gasteiger partial charge in [0.15, 0.2) is 5.82 Å². The van der Waals surface area contributed by atoms with Gasteiger partial charge < -0.3 is 5.32 Å². The molecule has 2 N–H and O–H groups in total. The molecule has 1 unspecified atom stereocenters. The maximum Gasteiger partial charge on any atom is 0.266 e. The number of rotatable bonds is 3. The fraction of sp³-hybridized carbons (Fsp3) is 0.500. The average Bonchev–Trinajstić information content (AvgIpc) is 3.04. The highest BCUT2D eigenvalue weighted by Crippen LogP contribution is 2.33. The van der Waals surface area contributed by atoms with E-state index in [4.69, 9.17) is 0 Å². The van der Waals surface area contributed by atoms with Crippen LogP contribution >= 0.6 is 11.3 Å². The van der Waals surface area contributed by atoms with E-state index in [1.54, 1.807) is 11.3 Å². The SMILES string of the molecule is CCC1CCc2sc(C(=O)Nc3n[nH]c(C)c3C)cc2C1. The lowest BCUT2D eigenvalue weighted by Gasteiger charge is -2.19. The fourth-order valence-corrected chi connectivity index (χ4v) is 3.94. The molecule has 0 aliphatic heterocycles. The number of thiophene rings is 1. The molecule has 3 rings (SSSR count). The van der Waals surface area contributed by atoms with Crippen LogP contribution in [0.1, 0.15) is 51.1 Å². The van der Waals surface area contributed by atoms with Crippen molar-refractivity contribution in [3.63, 3.8) is 0 Å². The molecule has 1 aliphatic rings. The first-order valence-electron chi connectivity index (χ1n) is 7.53. The molecule has 2 aromatic rings. The van der Waals surface area contributed by atoms with Crippen LogP contribution in [-0.4, -0.2) is 16.1 Å². The molecule has 0 saturated heterocycles. The number of nitrogens with one attached hydrogen (secondary N) is 2. The van der Waals surface area contributed by atoms with E-state index in [1.165, 1.54) is 23.3 Å². The number of hydrogen-bond donors (Lipinski definition) is 2. The Balaban J connectivity index is 1.77. The van der Waals surface area contributed by atoms with Gasteiger partial charge in [0.05, 0.1) is 4.88 Å². The van der Waals surface area contributed by atoms with Crippen LogP contribution in [0.2, 0.25) is 0 Å². The summed E-state index contributed by atoms with van der Waals surface area (Å²) >= 11 is 1.64. The second kappa shape index (κ2) is 5.64. The Hall–Kier alpha value is -1.62. The summed E-state index contributed by atoms with van der Waals surface area (Å²) in [7, 11) is 0. The molecular formula is C16H21N3OS. The minimum Gasteiger partial charge on any atom is -0.304 e. The highest BCUT2D eigenvalue weighted by atomic mass is 32.1. The summed E-state index contributed by atoms with van der Waals surface area (Å²) < 4.78 is 0. The predicted molar refractivity (Wildman–Crippen MR) is 86.1 cm³/mol. The number of carbonyl (C=O) groups is 1. The average molecular weight is 303 g/mol. The van der Waals surface area contributed by atoms with Crippen molar-refractivity contribution >= 4 is 23.1 Å². The first-order chi connectivity index (χ1) is 10.1. The van der Waals surface area contributed by atoms with Crippen molar-refractivity contribution in [2.24, 2.45) is 5.92 Å². The Morgan fingerprint density at radius 2 is 2.33 bits per heavy atom. The van der Waals surface area contributed by atoms with Crippen LogP contribution < -0.4 is 5.32 Å². The van der Waals surface area contributed by atoms with E-state index >= 15 is 0 Å². The second-order valence-corrected chi connectivity index (χ2v) is 6.99. The molecule has 4 nitrogen and oxygen atoms in total. The van der Waals surface area contributed by atoms with Gasteiger partial charge in [-0.15, -0.1) is 11.3 Å². The summed E-state index contributed by atoms with van der Waals surface area (Å²) in [6, 6.07) is 2.08. The third kappa shape index (κ3) is 2.75. The number of hydrogen-bond acceptors (Lipinski definition) is 3. The lowest BCUT2D eigenvalue weighted by atomic mass is 9.87. The monoisotopic (exact) mass is 303 g/mol. The zero-order valence-corrected chi connectivity index (χ0v) is 13.6. The Morgan fingerprint density at radius 3 is 3.00 bits per heavy atom. The molecule has 112 valence electrons. The van der Waals surface area contributed by atoms with Crippen LogP contribution in [0.5, 0.6) is 0 Å². The Labute approximate surface area is 129 Å². The van der Waals surface area contributed by atoms with Crippen molar-refractivity contribution in [3.8, 4) is 0 Å². The van der Waals surface area contributed by atoms with Crippen molar-refractivity contribution in [1.29, 1.82) is 0 Å². The molecule has 2 aromatic heterocycles. The highest BCUT2D eigenvalue weighted by molar-refractivity contribution is 7.14. The quantitative estimate of drug-likeness (QED) is 0.904. The molecule has 5 heteroatoms. The van der Waals surface area contributed by atoms with Crippen molar-refractivity contribution in [2.75, 3.05) is 5.32 Å². The van der Waals surface area contributed by atoms with Gasteiger partial charge in [-0.1, -0.05) is 13.3 Å². The molecule has 1 amide bonds. The molecule has 21 heavy (non-hydrogen) atoms. The van der Waals surface area contributed by atoms with Gasteiger partial charge in [-0.25, -0.2) is 0 Å². The molecule has 0 fully saturated rings. The number of amides is 1. The van der Waals surface area contributed by atoms with Crippen molar-refractivity contribution in [1.82, 2.24) is 10.2 Å². The minimum atomic E-state index is -0.0444. The normalized spacial score (nSPS) is 17.6. The van der Waals surface area contributed by atoms with Gasteiger partial charge in [0.25, 0.3) is 5.91 Å². The summed E-state index contributed by atoms with van der Waals surface area (Å²) in [4.78, 5) is 14.6. The third-order valence-corrected chi connectivity index (χ3v) is 5.71. The van der Waals surface area contributed by atoms with Gasteiger partial charge in [-0.05, 0) is 50.7 Å². The predicted octanol–water partition coefficient (Wildman–Crippen LogP) is 3.86. The summed E-state index contributed by atoms with van der Waals surface area (Å²) in [5.41, 5.74) is 3.36. The lowest BCUT2D eigenvalue weighted by molar-refractivity contribution is 0.103. The summed E-state index contributed by atoms with van der Waals surface area (Å²) in [6.45, 7) is 6.16. The van der Waals surface area contributed by atoms with E-state index in [2.05, 4.69) is 28.5 Å². The largest absolute Gasteiger partial charge is 0.304 e. The Kier molecular flexibility index (Phi) is 3.85. The van der Waals surface area contributed by atoms with Crippen LogP contribution in [0.4, 0.5) is 5.82 Å². The van der Waals surface area contributed by atoms with Crippen LogP contribution in [0.25, 0.3) is 0 Å². The number of H-pyrrole nitrogens is 1. The summed E-state index contributed by atoms with van der Waals surface area (Å²) in [5.74, 6) is 1.37. The van der Waals surface area contributed by atoms with E-state index < -0.39 is 0 Å².